The molecule has 1 amide bonds. The van der Waals surface area contributed by atoms with Crippen molar-refractivity contribution >= 4 is 48.2 Å². The van der Waals surface area contributed by atoms with Gasteiger partial charge in [0.05, 0.1) is 6.54 Å². The van der Waals surface area contributed by atoms with E-state index >= 15 is 0 Å². The molecule has 0 aromatic heterocycles. The molecule has 0 spiro atoms. The zero-order valence-corrected chi connectivity index (χ0v) is 10.8. The third kappa shape index (κ3) is 3.75. The van der Waals surface area contributed by atoms with Gasteiger partial charge in [-0.25, -0.2) is 0 Å². The first-order valence-electron chi connectivity index (χ1n) is 3.81. The maximum atomic E-state index is 11.4. The zero-order chi connectivity index (χ0) is 10.6. The number of carbonyl (C=O) groups is 2. The van der Waals surface area contributed by atoms with Gasteiger partial charge in [0, 0.05) is 32.6 Å². The van der Waals surface area contributed by atoms with E-state index < -0.39 is 0 Å². The van der Waals surface area contributed by atoms with Crippen LogP contribution in [-0.4, -0.2) is 16.2 Å². The zero-order valence-electron chi connectivity index (χ0n) is 7.09. The summed E-state index contributed by atoms with van der Waals surface area (Å²) in [5.74, 6) is -0.234. The van der Waals surface area contributed by atoms with E-state index in [1.807, 2.05) is 0 Å². The van der Waals surface area contributed by atoms with E-state index in [4.69, 9.17) is 0 Å². The van der Waals surface area contributed by atoms with E-state index in [2.05, 4.69) is 21.2 Å². The molecule has 14 heavy (non-hydrogen) atoms. The molecule has 0 fully saturated rings. The molecule has 1 N–H and O–H groups in total. The molecule has 0 saturated heterocycles. The van der Waals surface area contributed by atoms with Gasteiger partial charge in [-0.2, -0.15) is 0 Å². The number of benzene rings is 1. The molecular formula is C9H7BrINO2. The van der Waals surface area contributed by atoms with Crippen molar-refractivity contribution in [1.29, 1.82) is 0 Å². The van der Waals surface area contributed by atoms with E-state index in [1.54, 1.807) is 46.9 Å². The average Bonchev–Trinajstić information content (AvgIpc) is 2.15. The van der Waals surface area contributed by atoms with Crippen molar-refractivity contribution in [3.05, 3.63) is 34.3 Å². The van der Waals surface area contributed by atoms with Crippen LogP contribution in [0.1, 0.15) is 10.4 Å². The first-order chi connectivity index (χ1) is 6.59. The monoisotopic (exact) mass is 367 g/mol. The summed E-state index contributed by atoms with van der Waals surface area (Å²) in [6, 6.07) is 6.94. The van der Waals surface area contributed by atoms with Gasteiger partial charge in [0.1, 0.15) is 0 Å². The van der Waals surface area contributed by atoms with Crippen LogP contribution in [0.25, 0.3) is 0 Å². The summed E-state index contributed by atoms with van der Waals surface area (Å²) >= 11 is 4.91. The van der Waals surface area contributed by atoms with E-state index in [9.17, 15) is 9.59 Å². The van der Waals surface area contributed by atoms with Crippen LogP contribution in [0.15, 0.2) is 28.7 Å². The molecule has 0 aliphatic carbocycles. The van der Waals surface area contributed by atoms with Crippen molar-refractivity contribution in [2.75, 3.05) is 6.54 Å². The van der Waals surface area contributed by atoms with E-state index in [0.29, 0.717) is 5.56 Å². The summed E-state index contributed by atoms with van der Waals surface area (Å²) in [6.07, 6.45) is 0. The number of hydrogen-bond donors (Lipinski definition) is 1. The number of hydrogen-bond acceptors (Lipinski definition) is 2. The Hall–Kier alpha value is -0.430. The van der Waals surface area contributed by atoms with Crippen LogP contribution in [0.4, 0.5) is 0 Å². The SMILES string of the molecule is O=C(I)CNC(=O)c1ccc(Br)cc1. The van der Waals surface area contributed by atoms with Gasteiger partial charge in [-0.1, -0.05) is 15.9 Å². The third-order valence-corrected chi connectivity index (χ3v) is 2.40. The highest BCUT2D eigenvalue weighted by Gasteiger charge is 2.05. The van der Waals surface area contributed by atoms with Crippen molar-refractivity contribution in [3.8, 4) is 0 Å². The Bertz CT molecular complexity index is 350. The van der Waals surface area contributed by atoms with Crippen LogP contribution < -0.4 is 5.32 Å². The lowest BCUT2D eigenvalue weighted by atomic mass is 10.2. The summed E-state index contributed by atoms with van der Waals surface area (Å²) in [6.45, 7) is 0.0649. The van der Waals surface area contributed by atoms with Crippen LogP contribution in [0.2, 0.25) is 0 Å². The molecule has 0 aliphatic rings. The quantitative estimate of drug-likeness (QED) is 0.657. The minimum Gasteiger partial charge on any atom is -0.344 e. The Kier molecular flexibility index (Phi) is 4.53. The molecule has 0 unspecified atom stereocenters. The van der Waals surface area contributed by atoms with Crippen LogP contribution in [0.5, 0.6) is 0 Å². The lowest BCUT2D eigenvalue weighted by molar-refractivity contribution is -0.108. The normalized spacial score (nSPS) is 9.57. The van der Waals surface area contributed by atoms with Crippen molar-refractivity contribution in [2.45, 2.75) is 0 Å². The smallest absolute Gasteiger partial charge is 0.251 e. The number of amides is 1. The lowest BCUT2D eigenvalue weighted by Gasteiger charge is -2.01. The highest BCUT2D eigenvalue weighted by Crippen LogP contribution is 2.10. The topological polar surface area (TPSA) is 46.2 Å². The van der Waals surface area contributed by atoms with Crippen LogP contribution >= 0.6 is 38.5 Å². The molecule has 0 aliphatic heterocycles. The second kappa shape index (κ2) is 5.45. The fourth-order valence-electron chi connectivity index (χ4n) is 0.853. The van der Waals surface area contributed by atoms with Gasteiger partial charge in [-0.05, 0) is 24.3 Å². The standard InChI is InChI=1S/C9H7BrINO2/c10-7-3-1-6(2-4-7)9(14)12-5-8(11)13/h1-4H,5H2,(H,12,14). The summed E-state index contributed by atoms with van der Waals surface area (Å²) < 4.78 is 0.826. The third-order valence-electron chi connectivity index (χ3n) is 1.49. The minimum absolute atomic E-state index is 0.0649. The molecule has 0 radical (unpaired) electrons. The van der Waals surface area contributed by atoms with Crippen LogP contribution in [0, 0.1) is 0 Å². The number of rotatable bonds is 3. The predicted molar refractivity (Wildman–Crippen MR) is 65.5 cm³/mol. The van der Waals surface area contributed by atoms with Crippen molar-refractivity contribution in [2.24, 2.45) is 0 Å². The highest BCUT2D eigenvalue weighted by atomic mass is 127. The predicted octanol–water partition coefficient (Wildman–Crippen LogP) is 2.14. The molecule has 1 aromatic carbocycles. The number of halogens is 2. The molecule has 5 heteroatoms. The van der Waals surface area contributed by atoms with Crippen molar-refractivity contribution < 1.29 is 9.59 Å². The van der Waals surface area contributed by atoms with Crippen LogP contribution in [-0.2, 0) is 4.79 Å². The Morgan fingerprint density at radius 3 is 2.36 bits per heavy atom. The van der Waals surface area contributed by atoms with E-state index in [-0.39, 0.29) is 16.2 Å². The van der Waals surface area contributed by atoms with Crippen LogP contribution in [0.3, 0.4) is 0 Å². The molecular weight excluding hydrogens is 361 g/mol. The van der Waals surface area contributed by atoms with Gasteiger partial charge < -0.3 is 5.32 Å². The Morgan fingerprint density at radius 2 is 1.86 bits per heavy atom. The lowest BCUT2D eigenvalue weighted by Crippen LogP contribution is -2.27. The second-order valence-corrected chi connectivity index (χ2v) is 4.66. The average molecular weight is 368 g/mol. The summed E-state index contributed by atoms with van der Waals surface area (Å²) in [4.78, 5) is 22.0. The van der Waals surface area contributed by atoms with Gasteiger partial charge in [-0.15, -0.1) is 0 Å². The van der Waals surface area contributed by atoms with Gasteiger partial charge >= 0.3 is 0 Å². The Balaban J connectivity index is 2.61. The van der Waals surface area contributed by atoms with Crippen molar-refractivity contribution in [1.82, 2.24) is 5.32 Å². The summed E-state index contributed by atoms with van der Waals surface area (Å²) in [5.41, 5.74) is 0.547. The maximum absolute atomic E-state index is 11.4. The Labute approximate surface area is 104 Å². The summed E-state index contributed by atoms with van der Waals surface area (Å²) in [5, 5.41) is 2.51. The molecule has 1 aromatic rings. The van der Waals surface area contributed by atoms with E-state index in [1.165, 1.54) is 0 Å². The maximum Gasteiger partial charge on any atom is 0.251 e. The molecule has 0 bridgehead atoms. The fraction of sp³-hybridized carbons (Fsp3) is 0.111. The minimum atomic E-state index is -0.234. The Morgan fingerprint density at radius 1 is 1.29 bits per heavy atom. The first-order valence-corrected chi connectivity index (χ1v) is 5.69. The fourth-order valence-corrected chi connectivity index (χ4v) is 1.31. The largest absolute Gasteiger partial charge is 0.344 e. The van der Waals surface area contributed by atoms with Crippen molar-refractivity contribution in [3.63, 3.8) is 0 Å². The van der Waals surface area contributed by atoms with Gasteiger partial charge in [0.2, 0.25) is 3.79 Å². The molecule has 0 saturated carbocycles. The van der Waals surface area contributed by atoms with E-state index in [0.717, 1.165) is 4.47 Å². The van der Waals surface area contributed by atoms with Gasteiger partial charge in [0.25, 0.3) is 5.91 Å². The number of nitrogens with one attached hydrogen (secondary N) is 1. The molecule has 3 nitrogen and oxygen atoms in total. The molecule has 1 rings (SSSR count). The second-order valence-electron chi connectivity index (χ2n) is 2.54. The van der Waals surface area contributed by atoms with Gasteiger partial charge in [-0.3, -0.25) is 9.59 Å². The molecule has 0 heterocycles. The highest BCUT2D eigenvalue weighted by molar-refractivity contribution is 14.1. The summed E-state index contributed by atoms with van der Waals surface area (Å²) in [7, 11) is 0. The first kappa shape index (κ1) is 11.6. The number of carbonyl (C=O) groups excluding carboxylic acids is 2. The molecule has 0 atom stereocenters. The molecule has 74 valence electrons. The van der Waals surface area contributed by atoms with Gasteiger partial charge in [0.15, 0.2) is 0 Å².